The third kappa shape index (κ3) is 5.60. The fourth-order valence-corrected chi connectivity index (χ4v) is 2.59. The van der Waals surface area contributed by atoms with Crippen LogP contribution in [0.15, 0.2) is 46.9 Å². The Hall–Kier alpha value is -2.35. The molecule has 2 N–H and O–H groups in total. The Morgan fingerprint density at radius 3 is 2.16 bits per heavy atom. The normalized spacial score (nSPS) is 11.1. The summed E-state index contributed by atoms with van der Waals surface area (Å²) in [5.41, 5.74) is 0.472. The van der Waals surface area contributed by atoms with Gasteiger partial charge in [-0.2, -0.15) is 13.2 Å². The standard InChI is InChI=1S/C17H14BrF3N2O2/c1-10(24)22-12-4-2-11(3-5-12)8-16(25)23-13-6-7-15(18)14(9-13)17(19,20)21/h2-7,9H,8H2,1H3,(H,22,24)(H,23,25). The van der Waals surface area contributed by atoms with E-state index in [9.17, 15) is 22.8 Å². The summed E-state index contributed by atoms with van der Waals surface area (Å²) in [5.74, 6) is -0.649. The summed E-state index contributed by atoms with van der Waals surface area (Å²) in [6, 6.07) is 10.1. The van der Waals surface area contributed by atoms with Gasteiger partial charge in [0, 0.05) is 22.8 Å². The topological polar surface area (TPSA) is 58.2 Å². The predicted molar refractivity (Wildman–Crippen MR) is 92.2 cm³/mol. The highest BCUT2D eigenvalue weighted by Crippen LogP contribution is 2.36. The van der Waals surface area contributed by atoms with E-state index in [0.29, 0.717) is 11.3 Å². The van der Waals surface area contributed by atoms with Gasteiger partial charge in [0.25, 0.3) is 0 Å². The minimum absolute atomic E-state index is 0.00222. The van der Waals surface area contributed by atoms with Crippen molar-refractivity contribution in [3.63, 3.8) is 0 Å². The predicted octanol–water partition coefficient (Wildman–Crippen LogP) is 4.61. The minimum Gasteiger partial charge on any atom is -0.326 e. The van der Waals surface area contributed by atoms with E-state index in [4.69, 9.17) is 0 Å². The summed E-state index contributed by atoms with van der Waals surface area (Å²) in [6.07, 6.45) is -4.52. The summed E-state index contributed by atoms with van der Waals surface area (Å²) in [4.78, 5) is 23.0. The average Bonchev–Trinajstić information content (AvgIpc) is 2.49. The first-order chi connectivity index (χ1) is 11.6. The Kier molecular flexibility index (Phi) is 5.84. The van der Waals surface area contributed by atoms with Gasteiger partial charge in [0.05, 0.1) is 12.0 Å². The number of halogens is 4. The molecule has 0 spiro atoms. The zero-order chi connectivity index (χ0) is 18.6. The first kappa shape index (κ1) is 19.0. The monoisotopic (exact) mass is 414 g/mol. The largest absolute Gasteiger partial charge is 0.417 e. The van der Waals surface area contributed by atoms with Crippen molar-refractivity contribution in [3.05, 3.63) is 58.1 Å². The van der Waals surface area contributed by atoms with Crippen molar-refractivity contribution >= 4 is 39.1 Å². The number of amides is 2. The highest BCUT2D eigenvalue weighted by atomic mass is 79.9. The number of anilines is 2. The van der Waals surface area contributed by atoms with E-state index in [-0.39, 0.29) is 22.5 Å². The Balaban J connectivity index is 2.04. The van der Waals surface area contributed by atoms with Crippen molar-refractivity contribution < 1.29 is 22.8 Å². The molecule has 0 saturated carbocycles. The van der Waals surface area contributed by atoms with Gasteiger partial charge in [-0.05, 0) is 35.9 Å². The lowest BCUT2D eigenvalue weighted by atomic mass is 10.1. The second kappa shape index (κ2) is 7.69. The number of carbonyl (C=O) groups excluding carboxylic acids is 2. The molecule has 0 atom stereocenters. The first-order valence-corrected chi connectivity index (χ1v) is 7.97. The first-order valence-electron chi connectivity index (χ1n) is 7.18. The second-order valence-electron chi connectivity index (χ2n) is 5.30. The van der Waals surface area contributed by atoms with Crippen molar-refractivity contribution in [3.8, 4) is 0 Å². The lowest BCUT2D eigenvalue weighted by Crippen LogP contribution is -2.15. The zero-order valence-corrected chi connectivity index (χ0v) is 14.7. The van der Waals surface area contributed by atoms with E-state index in [2.05, 4.69) is 26.6 Å². The molecule has 0 radical (unpaired) electrons. The fraction of sp³-hybridized carbons (Fsp3) is 0.176. The van der Waals surface area contributed by atoms with Gasteiger partial charge in [0.15, 0.2) is 0 Å². The number of hydrogen-bond acceptors (Lipinski definition) is 2. The SMILES string of the molecule is CC(=O)Nc1ccc(CC(=O)Nc2ccc(Br)c(C(F)(F)F)c2)cc1. The quantitative estimate of drug-likeness (QED) is 0.767. The van der Waals surface area contributed by atoms with Crippen molar-refractivity contribution in [1.29, 1.82) is 0 Å². The lowest BCUT2D eigenvalue weighted by Gasteiger charge is -2.12. The molecule has 8 heteroatoms. The van der Waals surface area contributed by atoms with Crippen LogP contribution in [0, 0.1) is 0 Å². The van der Waals surface area contributed by atoms with Crippen LogP contribution in [0.25, 0.3) is 0 Å². The van der Waals surface area contributed by atoms with E-state index >= 15 is 0 Å². The van der Waals surface area contributed by atoms with Gasteiger partial charge in [0.2, 0.25) is 11.8 Å². The maximum Gasteiger partial charge on any atom is 0.417 e. The molecule has 0 aromatic heterocycles. The van der Waals surface area contributed by atoms with E-state index in [1.54, 1.807) is 24.3 Å². The Labute approximate surface area is 150 Å². The van der Waals surface area contributed by atoms with Crippen LogP contribution in [0.1, 0.15) is 18.1 Å². The molecule has 0 saturated heterocycles. The summed E-state index contributed by atoms with van der Waals surface area (Å²) < 4.78 is 38.5. The maximum absolute atomic E-state index is 12.9. The molecule has 0 fully saturated rings. The van der Waals surface area contributed by atoms with Gasteiger partial charge in [-0.3, -0.25) is 9.59 Å². The van der Waals surface area contributed by atoms with E-state index in [0.717, 1.165) is 6.07 Å². The molecule has 0 aliphatic heterocycles. The van der Waals surface area contributed by atoms with Gasteiger partial charge in [-0.15, -0.1) is 0 Å². The molecule has 0 unspecified atom stereocenters. The number of hydrogen-bond donors (Lipinski definition) is 2. The van der Waals surface area contributed by atoms with Gasteiger partial charge in [0.1, 0.15) is 0 Å². The van der Waals surface area contributed by atoms with E-state index < -0.39 is 17.6 Å². The van der Waals surface area contributed by atoms with Gasteiger partial charge >= 0.3 is 6.18 Å². The van der Waals surface area contributed by atoms with Crippen LogP contribution in [0.2, 0.25) is 0 Å². The molecule has 0 heterocycles. The molecule has 2 aromatic rings. The van der Waals surface area contributed by atoms with Crippen LogP contribution in [0.3, 0.4) is 0 Å². The molecule has 25 heavy (non-hydrogen) atoms. The third-order valence-electron chi connectivity index (χ3n) is 3.19. The third-order valence-corrected chi connectivity index (χ3v) is 3.89. The summed E-state index contributed by atoms with van der Waals surface area (Å²) in [7, 11) is 0. The number of benzene rings is 2. The van der Waals surface area contributed by atoms with Crippen LogP contribution < -0.4 is 10.6 Å². The summed E-state index contributed by atoms with van der Waals surface area (Å²) in [6.45, 7) is 1.38. The van der Waals surface area contributed by atoms with Crippen LogP contribution in [0.5, 0.6) is 0 Å². The zero-order valence-electron chi connectivity index (χ0n) is 13.1. The van der Waals surface area contributed by atoms with E-state index in [1.165, 1.54) is 19.1 Å². The van der Waals surface area contributed by atoms with Crippen molar-refractivity contribution in [2.24, 2.45) is 0 Å². The number of alkyl halides is 3. The molecule has 0 bridgehead atoms. The number of carbonyl (C=O) groups is 2. The van der Waals surface area contributed by atoms with Crippen LogP contribution in [-0.4, -0.2) is 11.8 Å². The molecular weight excluding hydrogens is 401 g/mol. The fourth-order valence-electron chi connectivity index (χ4n) is 2.12. The molecule has 132 valence electrons. The van der Waals surface area contributed by atoms with Gasteiger partial charge in [-0.1, -0.05) is 28.1 Å². The van der Waals surface area contributed by atoms with Gasteiger partial charge in [-0.25, -0.2) is 0 Å². The van der Waals surface area contributed by atoms with E-state index in [1.807, 2.05) is 0 Å². The smallest absolute Gasteiger partial charge is 0.326 e. The van der Waals surface area contributed by atoms with Crippen LogP contribution in [-0.2, 0) is 22.2 Å². The molecule has 2 aromatic carbocycles. The molecular formula is C17H14BrF3N2O2. The molecule has 4 nitrogen and oxygen atoms in total. The molecule has 2 amide bonds. The molecule has 2 rings (SSSR count). The van der Waals surface area contributed by atoms with Crippen LogP contribution >= 0.6 is 15.9 Å². The van der Waals surface area contributed by atoms with Crippen LogP contribution in [0.4, 0.5) is 24.5 Å². The Morgan fingerprint density at radius 1 is 1.00 bits per heavy atom. The van der Waals surface area contributed by atoms with Crippen molar-refractivity contribution in [1.82, 2.24) is 0 Å². The maximum atomic E-state index is 12.9. The Bertz CT molecular complexity index is 789. The summed E-state index contributed by atoms with van der Waals surface area (Å²) in [5, 5.41) is 5.05. The minimum atomic E-state index is -4.51. The molecule has 0 aliphatic carbocycles. The molecule has 0 aliphatic rings. The Morgan fingerprint density at radius 2 is 1.60 bits per heavy atom. The average molecular weight is 415 g/mol. The van der Waals surface area contributed by atoms with Gasteiger partial charge < -0.3 is 10.6 Å². The highest BCUT2D eigenvalue weighted by Gasteiger charge is 2.33. The lowest BCUT2D eigenvalue weighted by molar-refractivity contribution is -0.138. The highest BCUT2D eigenvalue weighted by molar-refractivity contribution is 9.10. The van der Waals surface area contributed by atoms with Crippen molar-refractivity contribution in [2.45, 2.75) is 19.5 Å². The number of rotatable bonds is 4. The number of nitrogens with one attached hydrogen (secondary N) is 2. The summed E-state index contributed by atoms with van der Waals surface area (Å²) >= 11 is 2.85. The second-order valence-corrected chi connectivity index (χ2v) is 6.15. The van der Waals surface area contributed by atoms with Crippen molar-refractivity contribution in [2.75, 3.05) is 10.6 Å².